The molecular weight excluding hydrogens is 339 g/mol. The third-order valence-electron chi connectivity index (χ3n) is 3.00. The topological polar surface area (TPSA) is 68.9 Å². The van der Waals surface area contributed by atoms with E-state index < -0.39 is 5.82 Å². The molecule has 25 heavy (non-hydrogen) atoms. The van der Waals surface area contributed by atoms with Crippen molar-refractivity contribution in [1.82, 2.24) is 14.2 Å². The molecule has 3 N–H and O–H groups in total. The predicted octanol–water partition coefficient (Wildman–Crippen LogP) is 5.34. The van der Waals surface area contributed by atoms with Crippen molar-refractivity contribution in [2.45, 2.75) is 25.7 Å². The van der Waals surface area contributed by atoms with Gasteiger partial charge >= 0.3 is 0 Å². The fourth-order valence-electron chi connectivity index (χ4n) is 1.90. The summed E-state index contributed by atoms with van der Waals surface area (Å²) >= 11 is 1.40. The molecule has 0 unspecified atom stereocenters. The van der Waals surface area contributed by atoms with Gasteiger partial charge in [0.2, 0.25) is 0 Å². The number of allylic oxidation sites excluding steroid dienone is 1. The maximum atomic E-state index is 14.0. The van der Waals surface area contributed by atoms with Gasteiger partial charge in [0.05, 0.1) is 16.8 Å². The number of aromatic amines is 1. The van der Waals surface area contributed by atoms with Crippen molar-refractivity contribution in [3.63, 3.8) is 0 Å². The first-order chi connectivity index (χ1) is 12.2. The smallest absolute Gasteiger partial charge is 0.167 e. The van der Waals surface area contributed by atoms with Gasteiger partial charge in [0.1, 0.15) is 5.75 Å². The minimum Gasteiger partial charge on any atom is -0.453 e. The van der Waals surface area contributed by atoms with E-state index in [0.717, 1.165) is 10.6 Å². The molecule has 132 valence electrons. The van der Waals surface area contributed by atoms with Crippen LogP contribution >= 0.6 is 11.9 Å². The lowest BCUT2D eigenvalue weighted by molar-refractivity contribution is 0.432. The van der Waals surface area contributed by atoms with Crippen LogP contribution in [-0.4, -0.2) is 14.2 Å². The van der Waals surface area contributed by atoms with E-state index in [2.05, 4.69) is 10.1 Å². The van der Waals surface area contributed by atoms with E-state index >= 15 is 0 Å². The van der Waals surface area contributed by atoms with E-state index in [1.165, 1.54) is 24.1 Å². The van der Waals surface area contributed by atoms with Crippen molar-refractivity contribution in [3.05, 3.63) is 60.4 Å². The van der Waals surface area contributed by atoms with Crippen LogP contribution in [0.15, 0.2) is 53.8 Å². The second-order valence-electron chi connectivity index (χ2n) is 4.68. The zero-order valence-electron chi connectivity index (χ0n) is 14.4. The number of H-pyrrole nitrogens is 1. The summed E-state index contributed by atoms with van der Waals surface area (Å²) in [6, 6.07) is 6.04. The van der Waals surface area contributed by atoms with Gasteiger partial charge in [-0.05, 0) is 25.1 Å². The van der Waals surface area contributed by atoms with E-state index in [1.54, 1.807) is 28.6 Å². The standard InChI is InChI=1S/C16H15FN4OS.C2H6/c1-2-3-13-16(23-21-9-8-20-21)15(6-7-19-13)22-14-5-4-11(18)10-12(14)17;1-2/h2-10,20H,18H2,1H3;1-2H3/b3-2+;. The van der Waals surface area contributed by atoms with Crippen LogP contribution in [0.2, 0.25) is 0 Å². The first-order valence-electron chi connectivity index (χ1n) is 7.92. The number of nitrogen functional groups attached to an aromatic ring is 1. The van der Waals surface area contributed by atoms with Gasteiger partial charge in [-0.3, -0.25) is 10.1 Å². The molecule has 0 saturated heterocycles. The highest BCUT2D eigenvalue weighted by Crippen LogP contribution is 2.36. The number of halogens is 1. The van der Waals surface area contributed by atoms with Crippen LogP contribution < -0.4 is 10.5 Å². The molecule has 3 rings (SSSR count). The Morgan fingerprint density at radius 2 is 2.04 bits per heavy atom. The van der Waals surface area contributed by atoms with E-state index in [-0.39, 0.29) is 5.75 Å². The summed E-state index contributed by atoms with van der Waals surface area (Å²) in [5.74, 6) is 0.127. The zero-order valence-corrected chi connectivity index (χ0v) is 15.2. The van der Waals surface area contributed by atoms with E-state index in [1.807, 2.05) is 39.1 Å². The minimum atomic E-state index is -0.507. The van der Waals surface area contributed by atoms with Gasteiger partial charge in [0.25, 0.3) is 0 Å². The monoisotopic (exact) mass is 360 g/mol. The van der Waals surface area contributed by atoms with Gasteiger partial charge < -0.3 is 10.5 Å². The minimum absolute atomic E-state index is 0.116. The first kappa shape index (κ1) is 18.7. The Balaban J connectivity index is 0.00000109. The molecule has 0 aliphatic carbocycles. The number of nitrogens with zero attached hydrogens (tertiary/aromatic N) is 2. The number of pyridine rings is 1. The molecule has 0 amide bonds. The Bertz CT molecular complexity index is 832. The van der Waals surface area contributed by atoms with Crippen molar-refractivity contribution < 1.29 is 9.13 Å². The van der Waals surface area contributed by atoms with Gasteiger partial charge in [-0.2, -0.15) is 0 Å². The van der Waals surface area contributed by atoms with Crippen LogP contribution in [-0.2, 0) is 0 Å². The summed E-state index contributed by atoms with van der Waals surface area (Å²) in [6.45, 7) is 5.91. The molecule has 0 radical (unpaired) electrons. The summed E-state index contributed by atoms with van der Waals surface area (Å²) in [4.78, 5) is 5.12. The Kier molecular flexibility index (Phi) is 6.71. The Morgan fingerprint density at radius 3 is 2.64 bits per heavy atom. The van der Waals surface area contributed by atoms with Crippen molar-refractivity contribution in [2.24, 2.45) is 0 Å². The van der Waals surface area contributed by atoms with Crippen LogP contribution in [0, 0.1) is 5.82 Å². The lowest BCUT2D eigenvalue weighted by Gasteiger charge is -2.15. The molecule has 0 atom stereocenters. The number of hydrogen-bond donors (Lipinski definition) is 2. The number of ether oxygens (including phenoxy) is 1. The lowest BCUT2D eigenvalue weighted by atomic mass is 10.3. The van der Waals surface area contributed by atoms with Crippen LogP contribution in [0.25, 0.3) is 6.08 Å². The highest BCUT2D eigenvalue weighted by molar-refractivity contribution is 7.97. The predicted molar refractivity (Wildman–Crippen MR) is 101 cm³/mol. The molecule has 1 aromatic carbocycles. The molecule has 0 bridgehead atoms. The fourth-order valence-corrected chi connectivity index (χ4v) is 2.75. The summed E-state index contributed by atoms with van der Waals surface area (Å²) in [6.07, 6.45) is 9.06. The number of aromatic nitrogens is 3. The van der Waals surface area contributed by atoms with Crippen LogP contribution in [0.4, 0.5) is 10.1 Å². The van der Waals surface area contributed by atoms with Crippen molar-refractivity contribution >= 4 is 23.7 Å². The number of hydrogen-bond acceptors (Lipinski definition) is 4. The molecule has 0 fully saturated rings. The molecule has 5 nitrogen and oxygen atoms in total. The first-order valence-corrected chi connectivity index (χ1v) is 8.69. The zero-order chi connectivity index (χ0) is 18.2. The fraction of sp³-hybridized carbons (Fsp3) is 0.167. The number of nitrogens with one attached hydrogen (secondary N) is 1. The molecule has 0 saturated carbocycles. The summed E-state index contributed by atoms with van der Waals surface area (Å²) in [5, 5.41) is 2.99. The Hall–Kier alpha value is -2.67. The SMILES string of the molecule is C/C=C/c1nccc(Oc2ccc(N)cc2F)c1Sn1cc[nH]1.CC. The third kappa shape index (κ3) is 4.67. The van der Waals surface area contributed by atoms with Gasteiger partial charge in [-0.15, -0.1) is 0 Å². The van der Waals surface area contributed by atoms with Gasteiger partial charge in [0, 0.05) is 42.2 Å². The van der Waals surface area contributed by atoms with Gasteiger partial charge in [0.15, 0.2) is 11.6 Å². The highest BCUT2D eigenvalue weighted by Gasteiger charge is 2.14. The molecule has 0 aliphatic rings. The van der Waals surface area contributed by atoms with Crippen LogP contribution in [0.5, 0.6) is 11.5 Å². The van der Waals surface area contributed by atoms with Crippen molar-refractivity contribution in [1.29, 1.82) is 0 Å². The number of benzene rings is 1. The van der Waals surface area contributed by atoms with Crippen LogP contribution in [0.3, 0.4) is 0 Å². The number of rotatable bonds is 5. The molecule has 2 aromatic heterocycles. The molecule has 2 heterocycles. The largest absolute Gasteiger partial charge is 0.453 e. The maximum Gasteiger partial charge on any atom is 0.167 e. The summed E-state index contributed by atoms with van der Waals surface area (Å²) in [5.41, 5.74) is 6.66. The lowest BCUT2D eigenvalue weighted by Crippen LogP contribution is -2.01. The summed E-state index contributed by atoms with van der Waals surface area (Å²) in [7, 11) is 0. The van der Waals surface area contributed by atoms with Gasteiger partial charge in [-0.25, -0.2) is 8.48 Å². The third-order valence-corrected chi connectivity index (χ3v) is 4.01. The average molecular weight is 360 g/mol. The Morgan fingerprint density at radius 1 is 1.28 bits per heavy atom. The number of anilines is 1. The van der Waals surface area contributed by atoms with Crippen molar-refractivity contribution in [3.8, 4) is 11.5 Å². The second kappa shape index (κ2) is 8.98. The number of nitrogens with two attached hydrogens (primary N) is 1. The Labute approximate surface area is 150 Å². The molecule has 0 aliphatic heterocycles. The summed E-state index contributed by atoms with van der Waals surface area (Å²) < 4.78 is 21.5. The molecule has 0 spiro atoms. The van der Waals surface area contributed by atoms with E-state index in [9.17, 15) is 4.39 Å². The molecule has 3 aromatic rings. The van der Waals surface area contributed by atoms with Crippen LogP contribution in [0.1, 0.15) is 26.5 Å². The van der Waals surface area contributed by atoms with Gasteiger partial charge in [-0.1, -0.05) is 19.9 Å². The quantitative estimate of drug-likeness (QED) is 0.603. The van der Waals surface area contributed by atoms with E-state index in [4.69, 9.17) is 10.5 Å². The van der Waals surface area contributed by atoms with Crippen molar-refractivity contribution in [2.75, 3.05) is 5.73 Å². The second-order valence-corrected chi connectivity index (χ2v) is 5.66. The average Bonchev–Trinajstić information content (AvgIpc) is 2.57. The van der Waals surface area contributed by atoms with E-state index in [0.29, 0.717) is 11.4 Å². The molecular formula is C18H21FN4OS. The highest BCUT2D eigenvalue weighted by atomic mass is 32.2. The normalized spacial score (nSPS) is 10.6. The molecule has 7 heteroatoms. The maximum absolute atomic E-state index is 14.0.